The minimum atomic E-state index is 0.427. The Balaban J connectivity index is 2.25. The van der Waals surface area contributed by atoms with E-state index in [0.29, 0.717) is 6.04 Å². The number of hydrogen-bond donors (Lipinski definition) is 1. The predicted octanol–water partition coefficient (Wildman–Crippen LogP) is 0.548. The van der Waals surface area contributed by atoms with E-state index in [0.717, 1.165) is 18.2 Å². The molecule has 1 N–H and O–H groups in total. The molecule has 2 rings (SSSR count). The van der Waals surface area contributed by atoms with E-state index < -0.39 is 0 Å². The highest BCUT2D eigenvalue weighted by Crippen LogP contribution is 2.20. The van der Waals surface area contributed by atoms with Crippen molar-refractivity contribution in [3.8, 4) is 0 Å². The number of nitrogens with one attached hydrogen (secondary N) is 1. The van der Waals surface area contributed by atoms with E-state index in [1.165, 1.54) is 12.8 Å². The minimum Gasteiger partial charge on any atom is -0.307 e. The molecule has 0 bridgehead atoms. The highest BCUT2D eigenvalue weighted by Gasteiger charge is 2.20. The summed E-state index contributed by atoms with van der Waals surface area (Å²) in [7, 11) is 1.95. The first kappa shape index (κ1) is 7.73. The molecule has 1 aliphatic rings. The fourth-order valence-electron chi connectivity index (χ4n) is 1.74. The van der Waals surface area contributed by atoms with Crippen LogP contribution in [0.5, 0.6) is 0 Å². The van der Waals surface area contributed by atoms with E-state index in [1.54, 1.807) is 0 Å². The highest BCUT2D eigenvalue weighted by atomic mass is 15.3. The minimum absolute atomic E-state index is 0.427. The van der Waals surface area contributed by atoms with E-state index >= 15 is 0 Å². The van der Waals surface area contributed by atoms with Gasteiger partial charge in [-0.15, -0.1) is 0 Å². The van der Waals surface area contributed by atoms with E-state index in [1.807, 2.05) is 18.7 Å². The van der Waals surface area contributed by atoms with Gasteiger partial charge in [0.2, 0.25) is 0 Å². The Labute approximate surface area is 72.0 Å². The Kier molecular flexibility index (Phi) is 1.84. The fourth-order valence-corrected chi connectivity index (χ4v) is 1.74. The van der Waals surface area contributed by atoms with Crippen molar-refractivity contribution in [1.82, 2.24) is 20.1 Å². The topological polar surface area (TPSA) is 42.7 Å². The van der Waals surface area contributed by atoms with Crippen molar-refractivity contribution in [1.29, 1.82) is 0 Å². The van der Waals surface area contributed by atoms with Gasteiger partial charge < -0.3 is 5.32 Å². The third-order valence-corrected chi connectivity index (χ3v) is 2.27. The first-order chi connectivity index (χ1) is 5.77. The smallest absolute Gasteiger partial charge is 0.147 e. The molecule has 1 fully saturated rings. The van der Waals surface area contributed by atoms with Gasteiger partial charge in [-0.1, -0.05) is 0 Å². The lowest BCUT2D eigenvalue weighted by molar-refractivity contribution is 0.559. The molecule has 1 aliphatic heterocycles. The van der Waals surface area contributed by atoms with Gasteiger partial charge in [-0.3, -0.25) is 4.68 Å². The van der Waals surface area contributed by atoms with Crippen LogP contribution >= 0.6 is 0 Å². The van der Waals surface area contributed by atoms with Gasteiger partial charge in [-0.05, 0) is 26.3 Å². The molecule has 4 nitrogen and oxygen atoms in total. The first-order valence-corrected chi connectivity index (χ1v) is 4.38. The molecule has 0 amide bonds. The Bertz CT molecular complexity index is 273. The number of rotatable bonds is 1. The standard InChI is InChI=1S/C8H14N4/c1-6-10-8(12(2)11-6)7-4-3-5-9-7/h7,9H,3-5H2,1-2H3. The summed E-state index contributed by atoms with van der Waals surface area (Å²) >= 11 is 0. The molecule has 12 heavy (non-hydrogen) atoms. The zero-order valence-corrected chi connectivity index (χ0v) is 7.54. The highest BCUT2D eigenvalue weighted by molar-refractivity contribution is 4.99. The van der Waals surface area contributed by atoms with Crippen molar-refractivity contribution >= 4 is 0 Å². The zero-order valence-electron chi connectivity index (χ0n) is 7.54. The van der Waals surface area contributed by atoms with Gasteiger partial charge in [0.05, 0.1) is 6.04 Å². The molecular formula is C8H14N4. The van der Waals surface area contributed by atoms with Crippen molar-refractivity contribution in [2.45, 2.75) is 25.8 Å². The summed E-state index contributed by atoms with van der Waals surface area (Å²) in [5.74, 6) is 1.94. The Hall–Kier alpha value is -0.900. The molecule has 2 heterocycles. The molecule has 1 unspecified atom stereocenters. The molecule has 1 aromatic heterocycles. The Morgan fingerprint density at radius 3 is 2.92 bits per heavy atom. The summed E-state index contributed by atoms with van der Waals surface area (Å²) < 4.78 is 1.87. The zero-order chi connectivity index (χ0) is 8.55. The van der Waals surface area contributed by atoms with E-state index in [4.69, 9.17) is 0 Å². The van der Waals surface area contributed by atoms with E-state index in [-0.39, 0.29) is 0 Å². The van der Waals surface area contributed by atoms with Crippen LogP contribution in [0.25, 0.3) is 0 Å². The van der Waals surface area contributed by atoms with Gasteiger partial charge in [0, 0.05) is 7.05 Å². The average Bonchev–Trinajstić information content (AvgIpc) is 2.58. The number of aromatic nitrogens is 3. The number of nitrogens with zero attached hydrogens (tertiary/aromatic N) is 3. The molecule has 0 radical (unpaired) electrons. The SMILES string of the molecule is Cc1nc(C2CCCN2)n(C)n1. The van der Waals surface area contributed by atoms with Crippen LogP contribution in [0.15, 0.2) is 0 Å². The van der Waals surface area contributed by atoms with Crippen LogP contribution < -0.4 is 5.32 Å². The van der Waals surface area contributed by atoms with Crippen LogP contribution in [0.3, 0.4) is 0 Å². The largest absolute Gasteiger partial charge is 0.307 e. The van der Waals surface area contributed by atoms with Crippen molar-refractivity contribution in [2.75, 3.05) is 6.54 Å². The van der Waals surface area contributed by atoms with Gasteiger partial charge >= 0.3 is 0 Å². The number of aryl methyl sites for hydroxylation is 2. The normalized spacial score (nSPS) is 23.3. The second-order valence-electron chi connectivity index (χ2n) is 3.29. The predicted molar refractivity (Wildman–Crippen MR) is 45.7 cm³/mol. The molecule has 66 valence electrons. The van der Waals surface area contributed by atoms with Crippen LogP contribution in [-0.2, 0) is 7.05 Å². The second kappa shape index (κ2) is 2.86. The molecule has 0 aromatic carbocycles. The average molecular weight is 166 g/mol. The maximum atomic E-state index is 4.38. The van der Waals surface area contributed by atoms with Crippen molar-refractivity contribution < 1.29 is 0 Å². The molecule has 0 saturated carbocycles. The first-order valence-electron chi connectivity index (χ1n) is 4.38. The molecule has 1 aromatic rings. The van der Waals surface area contributed by atoms with Crippen LogP contribution in [0.2, 0.25) is 0 Å². The van der Waals surface area contributed by atoms with Crippen LogP contribution in [-0.4, -0.2) is 21.3 Å². The fraction of sp³-hybridized carbons (Fsp3) is 0.750. The summed E-state index contributed by atoms with van der Waals surface area (Å²) in [4.78, 5) is 4.38. The molecule has 4 heteroatoms. The third kappa shape index (κ3) is 1.22. The van der Waals surface area contributed by atoms with E-state index in [9.17, 15) is 0 Å². The molecular weight excluding hydrogens is 152 g/mol. The molecule has 1 atom stereocenters. The summed E-state index contributed by atoms with van der Waals surface area (Å²) in [5, 5.41) is 7.62. The van der Waals surface area contributed by atoms with Gasteiger partial charge in [0.25, 0.3) is 0 Å². The van der Waals surface area contributed by atoms with Gasteiger partial charge in [-0.2, -0.15) is 5.10 Å². The lowest BCUT2D eigenvalue weighted by atomic mass is 10.2. The molecule has 1 saturated heterocycles. The Morgan fingerprint density at radius 1 is 1.58 bits per heavy atom. The maximum Gasteiger partial charge on any atom is 0.147 e. The maximum absolute atomic E-state index is 4.38. The van der Waals surface area contributed by atoms with Crippen molar-refractivity contribution in [2.24, 2.45) is 7.05 Å². The summed E-state index contributed by atoms with van der Waals surface area (Å²) in [6.45, 7) is 3.04. The lowest BCUT2D eigenvalue weighted by Gasteiger charge is -2.07. The van der Waals surface area contributed by atoms with Crippen molar-refractivity contribution in [3.05, 3.63) is 11.6 Å². The Morgan fingerprint density at radius 2 is 2.42 bits per heavy atom. The summed E-state index contributed by atoms with van der Waals surface area (Å²) in [5.41, 5.74) is 0. The van der Waals surface area contributed by atoms with Crippen LogP contribution in [0.4, 0.5) is 0 Å². The lowest BCUT2D eigenvalue weighted by Crippen LogP contribution is -2.17. The van der Waals surface area contributed by atoms with E-state index in [2.05, 4.69) is 15.4 Å². The van der Waals surface area contributed by atoms with Crippen LogP contribution in [0.1, 0.15) is 30.5 Å². The molecule has 0 spiro atoms. The van der Waals surface area contributed by atoms with Crippen molar-refractivity contribution in [3.63, 3.8) is 0 Å². The molecule has 0 aliphatic carbocycles. The van der Waals surface area contributed by atoms with Gasteiger partial charge in [-0.25, -0.2) is 4.98 Å². The second-order valence-corrected chi connectivity index (χ2v) is 3.29. The van der Waals surface area contributed by atoms with Gasteiger partial charge in [0.1, 0.15) is 11.6 Å². The van der Waals surface area contributed by atoms with Crippen LogP contribution in [0, 0.1) is 6.92 Å². The van der Waals surface area contributed by atoms with Gasteiger partial charge in [0.15, 0.2) is 0 Å². The quantitative estimate of drug-likeness (QED) is 0.662. The third-order valence-electron chi connectivity index (χ3n) is 2.27. The summed E-state index contributed by atoms with van der Waals surface area (Å²) in [6.07, 6.45) is 2.43. The summed E-state index contributed by atoms with van der Waals surface area (Å²) in [6, 6.07) is 0.427. The monoisotopic (exact) mass is 166 g/mol. The number of hydrogen-bond acceptors (Lipinski definition) is 3.